The van der Waals surface area contributed by atoms with Gasteiger partial charge in [0.1, 0.15) is 6.10 Å². The molecule has 94 valence electrons. The number of hydrogen-bond acceptors (Lipinski definition) is 4. The van der Waals surface area contributed by atoms with E-state index >= 15 is 0 Å². The minimum Gasteiger partial charge on any atom is -0.478 e. The lowest BCUT2D eigenvalue weighted by atomic mass is 9.98. The quantitative estimate of drug-likeness (QED) is 0.561. The molecule has 0 unspecified atom stereocenters. The lowest BCUT2D eigenvalue weighted by Crippen LogP contribution is -2.23. The van der Waals surface area contributed by atoms with Crippen molar-refractivity contribution in [1.29, 1.82) is 0 Å². The molecule has 0 radical (unpaired) electrons. The Labute approximate surface area is 99.1 Å². The molecule has 0 amide bonds. The number of rotatable bonds is 3. The fraction of sp³-hybridized carbons (Fsp3) is 0.667. The fourth-order valence-electron chi connectivity index (χ4n) is 2.99. The molecule has 2 rings (SSSR count). The van der Waals surface area contributed by atoms with Crippen LogP contribution in [-0.4, -0.2) is 34.4 Å². The maximum atomic E-state index is 11.3. The van der Waals surface area contributed by atoms with Crippen LogP contribution in [-0.2, 0) is 14.3 Å². The zero-order valence-electron chi connectivity index (χ0n) is 9.41. The van der Waals surface area contributed by atoms with Crippen LogP contribution in [0.3, 0.4) is 0 Å². The topological polar surface area (TPSA) is 83.8 Å². The maximum Gasteiger partial charge on any atom is 0.331 e. The minimum absolute atomic E-state index is 0.164. The van der Waals surface area contributed by atoms with Gasteiger partial charge in [-0.2, -0.15) is 0 Å². The van der Waals surface area contributed by atoms with Crippen LogP contribution in [0, 0.1) is 11.8 Å². The van der Waals surface area contributed by atoms with Gasteiger partial charge < -0.3 is 14.9 Å². The van der Waals surface area contributed by atoms with Gasteiger partial charge in [0.15, 0.2) is 0 Å². The highest BCUT2D eigenvalue weighted by Gasteiger charge is 2.45. The SMILES string of the molecule is O=C(O)/C=C/C(=O)O[C@@H]1CC[C@H]2[C@@H]1CC[C@@H]2O. The Morgan fingerprint density at radius 1 is 1.06 bits per heavy atom. The first-order valence-electron chi connectivity index (χ1n) is 5.87. The number of carboxylic acids is 1. The van der Waals surface area contributed by atoms with Crippen LogP contribution < -0.4 is 0 Å². The van der Waals surface area contributed by atoms with Crippen LogP contribution >= 0.6 is 0 Å². The van der Waals surface area contributed by atoms with Gasteiger partial charge in [-0.25, -0.2) is 9.59 Å². The first-order valence-corrected chi connectivity index (χ1v) is 5.87. The molecule has 0 bridgehead atoms. The van der Waals surface area contributed by atoms with Gasteiger partial charge in [-0.1, -0.05) is 0 Å². The number of aliphatic hydroxyl groups is 1. The summed E-state index contributed by atoms with van der Waals surface area (Å²) in [5.41, 5.74) is 0. The Bertz CT molecular complexity index is 349. The van der Waals surface area contributed by atoms with E-state index in [0.717, 1.165) is 37.8 Å². The van der Waals surface area contributed by atoms with Gasteiger partial charge >= 0.3 is 11.9 Å². The molecule has 2 saturated carbocycles. The summed E-state index contributed by atoms with van der Waals surface area (Å²) < 4.78 is 5.22. The van der Waals surface area contributed by atoms with Crippen LogP contribution in [0.1, 0.15) is 25.7 Å². The van der Waals surface area contributed by atoms with Gasteiger partial charge in [-0.05, 0) is 31.6 Å². The molecule has 4 atom stereocenters. The number of ether oxygens (including phenoxy) is 1. The highest BCUT2D eigenvalue weighted by Crippen LogP contribution is 2.45. The second-order valence-corrected chi connectivity index (χ2v) is 4.70. The number of carbonyl (C=O) groups is 2. The first kappa shape index (κ1) is 12.1. The van der Waals surface area contributed by atoms with Crippen molar-refractivity contribution in [2.45, 2.75) is 37.9 Å². The van der Waals surface area contributed by atoms with Crippen molar-refractivity contribution in [3.63, 3.8) is 0 Å². The number of hydrogen-bond donors (Lipinski definition) is 2. The van der Waals surface area contributed by atoms with Gasteiger partial charge in [0, 0.05) is 18.1 Å². The highest BCUT2D eigenvalue weighted by atomic mass is 16.5. The fourth-order valence-corrected chi connectivity index (χ4v) is 2.99. The molecule has 0 aromatic heterocycles. The molecule has 2 fully saturated rings. The van der Waals surface area contributed by atoms with E-state index in [0.29, 0.717) is 0 Å². The molecule has 0 aromatic rings. The number of aliphatic carboxylic acids is 1. The number of carbonyl (C=O) groups excluding carboxylic acids is 1. The molecule has 0 heterocycles. The molecular weight excluding hydrogens is 224 g/mol. The van der Waals surface area contributed by atoms with Crippen molar-refractivity contribution in [1.82, 2.24) is 0 Å². The summed E-state index contributed by atoms with van der Waals surface area (Å²) in [5, 5.41) is 18.1. The van der Waals surface area contributed by atoms with Crippen molar-refractivity contribution < 1.29 is 24.5 Å². The minimum atomic E-state index is -1.16. The van der Waals surface area contributed by atoms with Crippen molar-refractivity contribution in [2.75, 3.05) is 0 Å². The highest BCUT2D eigenvalue weighted by molar-refractivity contribution is 5.90. The number of esters is 1. The van der Waals surface area contributed by atoms with E-state index in [1.54, 1.807) is 0 Å². The van der Waals surface area contributed by atoms with E-state index in [4.69, 9.17) is 9.84 Å². The monoisotopic (exact) mass is 240 g/mol. The lowest BCUT2D eigenvalue weighted by molar-refractivity contribution is -0.145. The zero-order chi connectivity index (χ0) is 12.4. The van der Waals surface area contributed by atoms with Crippen LogP contribution in [0.15, 0.2) is 12.2 Å². The lowest BCUT2D eigenvalue weighted by Gasteiger charge is -2.18. The van der Waals surface area contributed by atoms with E-state index in [1.807, 2.05) is 0 Å². The Kier molecular flexibility index (Phi) is 3.47. The van der Waals surface area contributed by atoms with Gasteiger partial charge in [-0.3, -0.25) is 0 Å². The molecule has 2 aliphatic carbocycles. The van der Waals surface area contributed by atoms with Crippen molar-refractivity contribution in [3.8, 4) is 0 Å². The predicted molar refractivity (Wildman–Crippen MR) is 58.1 cm³/mol. The Balaban J connectivity index is 1.88. The molecule has 5 heteroatoms. The number of aliphatic hydroxyl groups excluding tert-OH is 1. The van der Waals surface area contributed by atoms with Crippen LogP contribution in [0.5, 0.6) is 0 Å². The summed E-state index contributed by atoms with van der Waals surface area (Å²) >= 11 is 0. The standard InChI is InChI=1S/C12H16O5/c13-9-3-1-8-7(9)2-4-10(8)17-12(16)6-5-11(14)15/h5-10,13H,1-4H2,(H,14,15)/b6-5+/t7-,8-,9-,10+/m0/s1. The second kappa shape index (κ2) is 4.87. The first-order chi connectivity index (χ1) is 8.08. The molecule has 0 aromatic carbocycles. The molecule has 0 saturated heterocycles. The van der Waals surface area contributed by atoms with E-state index < -0.39 is 11.9 Å². The maximum absolute atomic E-state index is 11.3. The van der Waals surface area contributed by atoms with Gasteiger partial charge in [0.2, 0.25) is 0 Å². The summed E-state index contributed by atoms with van der Waals surface area (Å²) in [7, 11) is 0. The summed E-state index contributed by atoms with van der Waals surface area (Å²) in [5.74, 6) is -1.29. The van der Waals surface area contributed by atoms with Crippen LogP contribution in [0.25, 0.3) is 0 Å². The summed E-state index contributed by atoms with van der Waals surface area (Å²) in [6.45, 7) is 0. The van der Waals surface area contributed by atoms with Gasteiger partial charge in [0.25, 0.3) is 0 Å². The molecule has 17 heavy (non-hydrogen) atoms. The smallest absolute Gasteiger partial charge is 0.331 e. The summed E-state index contributed by atoms with van der Waals surface area (Å²) in [6, 6.07) is 0. The Morgan fingerprint density at radius 2 is 1.76 bits per heavy atom. The normalized spacial score (nSPS) is 36.1. The third-order valence-electron chi connectivity index (χ3n) is 3.73. The van der Waals surface area contributed by atoms with Gasteiger partial charge in [-0.15, -0.1) is 0 Å². The molecule has 0 spiro atoms. The van der Waals surface area contributed by atoms with Crippen LogP contribution in [0.2, 0.25) is 0 Å². The molecule has 2 aliphatic rings. The zero-order valence-corrected chi connectivity index (χ0v) is 9.41. The molecular formula is C12H16O5. The third kappa shape index (κ3) is 2.66. The largest absolute Gasteiger partial charge is 0.478 e. The van der Waals surface area contributed by atoms with E-state index in [-0.39, 0.29) is 24.0 Å². The molecule has 0 aliphatic heterocycles. The third-order valence-corrected chi connectivity index (χ3v) is 3.73. The van der Waals surface area contributed by atoms with Crippen molar-refractivity contribution in [2.24, 2.45) is 11.8 Å². The predicted octanol–water partition coefficient (Wildman–Crippen LogP) is 0.720. The average molecular weight is 240 g/mol. The van der Waals surface area contributed by atoms with E-state index in [1.165, 1.54) is 0 Å². The average Bonchev–Trinajstić information content (AvgIpc) is 2.81. The van der Waals surface area contributed by atoms with Gasteiger partial charge in [0.05, 0.1) is 6.10 Å². The van der Waals surface area contributed by atoms with E-state index in [2.05, 4.69) is 0 Å². The molecule has 5 nitrogen and oxygen atoms in total. The van der Waals surface area contributed by atoms with Crippen molar-refractivity contribution >= 4 is 11.9 Å². The summed E-state index contributed by atoms with van der Waals surface area (Å²) in [4.78, 5) is 21.6. The Hall–Kier alpha value is -1.36. The van der Waals surface area contributed by atoms with Crippen LogP contribution in [0.4, 0.5) is 0 Å². The van der Waals surface area contributed by atoms with E-state index in [9.17, 15) is 14.7 Å². The number of fused-ring (bicyclic) bond motifs is 1. The molecule has 2 N–H and O–H groups in total. The number of carboxylic acid groups (broad SMARTS) is 1. The Morgan fingerprint density at radius 3 is 2.47 bits per heavy atom. The summed E-state index contributed by atoms with van der Waals surface area (Å²) in [6.07, 6.45) is 4.58. The van der Waals surface area contributed by atoms with Crippen molar-refractivity contribution in [3.05, 3.63) is 12.2 Å². The second-order valence-electron chi connectivity index (χ2n) is 4.70.